The van der Waals surface area contributed by atoms with Gasteiger partial charge in [-0.15, -0.1) is 0 Å². The van der Waals surface area contributed by atoms with Crippen molar-refractivity contribution < 1.29 is 100 Å². The van der Waals surface area contributed by atoms with E-state index in [1.165, 1.54) is 37.3 Å². The fourth-order valence-electron chi connectivity index (χ4n) is 9.94. The van der Waals surface area contributed by atoms with E-state index < -0.39 is 134 Å². The van der Waals surface area contributed by atoms with Gasteiger partial charge in [-0.25, -0.2) is 0 Å². The second kappa shape index (κ2) is 47.4. The maximum atomic E-state index is 13.6. The van der Waals surface area contributed by atoms with Gasteiger partial charge in [-0.1, -0.05) is 161 Å². The highest BCUT2D eigenvalue weighted by molar-refractivity contribution is 6.03. The molecule has 0 saturated carbocycles. The lowest BCUT2D eigenvalue weighted by Crippen LogP contribution is -2.58. The van der Waals surface area contributed by atoms with E-state index >= 15 is 0 Å². The molecule has 518 valence electrons. The molecule has 2 rings (SSSR count). The quantitative estimate of drug-likeness (QED) is 0.0177. The number of nitrogens with two attached hydrogens (primary N) is 1. The zero-order valence-corrected chi connectivity index (χ0v) is 53.8. The van der Waals surface area contributed by atoms with Crippen LogP contribution in [0.4, 0.5) is 0 Å². The van der Waals surface area contributed by atoms with Gasteiger partial charge in [0, 0.05) is 55.9 Å². The summed E-state index contributed by atoms with van der Waals surface area (Å²) in [6.45, 7) is 7.16. The molecule has 1 aliphatic carbocycles. The van der Waals surface area contributed by atoms with Crippen molar-refractivity contribution in [1.29, 1.82) is 0 Å². The molecule has 1 heterocycles. The SMILES string of the molecule is CC(/C=C/CC/C=C/C=C/C=C/C=C/C(=O)NC1=C(O)CCC1=O)C(O)C(C)C(O)/C=C/C=C/C=C/C=C/C=C/CC(O[C@@H]1O[C@@H](C)[C@H](O)[C@@H](O)[C@H]1O)C(C)C(=O)CC(O)CC(O)CC(O)/C=C/CC(O)CC(O)CC(O)CC(O)/C=C/CC(O)CC(O)CCCN. The molecule has 92 heavy (non-hydrogen) atoms. The average molecular weight is 1300 g/mol. The Labute approximate surface area is 542 Å². The number of unbranched alkanes of at least 4 members (excludes halogenated alkanes) is 1. The van der Waals surface area contributed by atoms with Gasteiger partial charge in [0.2, 0.25) is 5.91 Å². The monoisotopic (exact) mass is 1300 g/mol. The maximum absolute atomic E-state index is 13.6. The Morgan fingerprint density at radius 3 is 1.66 bits per heavy atom. The summed E-state index contributed by atoms with van der Waals surface area (Å²) in [6, 6.07) is 0. The van der Waals surface area contributed by atoms with Crippen LogP contribution in [0.1, 0.15) is 130 Å². The molecule has 1 fully saturated rings. The summed E-state index contributed by atoms with van der Waals surface area (Å²) < 4.78 is 11.7. The largest absolute Gasteiger partial charge is 0.510 e. The summed E-state index contributed by atoms with van der Waals surface area (Å²) in [6.07, 6.45) is 23.8. The molecule has 22 heteroatoms. The summed E-state index contributed by atoms with van der Waals surface area (Å²) in [5.74, 6) is -2.90. The molecule has 15 unspecified atom stereocenters. The Balaban J connectivity index is 1.81. The highest BCUT2D eigenvalue weighted by atomic mass is 16.7. The van der Waals surface area contributed by atoms with E-state index in [1.807, 2.05) is 37.3 Å². The number of aliphatic hydroxyl groups excluding tert-OH is 15. The fourth-order valence-corrected chi connectivity index (χ4v) is 9.94. The Morgan fingerprint density at radius 1 is 0.576 bits per heavy atom. The summed E-state index contributed by atoms with van der Waals surface area (Å²) >= 11 is 0. The van der Waals surface area contributed by atoms with Crippen molar-refractivity contribution in [3.05, 3.63) is 157 Å². The van der Waals surface area contributed by atoms with Crippen molar-refractivity contribution in [1.82, 2.24) is 5.32 Å². The number of Topliss-reactive ketones (excluding diaryl/α,β-unsaturated/α-hetero) is 2. The minimum Gasteiger partial charge on any atom is -0.510 e. The van der Waals surface area contributed by atoms with Crippen molar-refractivity contribution in [2.75, 3.05) is 6.54 Å². The van der Waals surface area contributed by atoms with Crippen molar-refractivity contribution >= 4 is 17.5 Å². The Kier molecular flexibility index (Phi) is 42.6. The number of hydrogen-bond acceptors (Lipinski definition) is 21. The Hall–Kier alpha value is -5.45. The second-order valence-corrected chi connectivity index (χ2v) is 23.9. The molecular weight excluding hydrogens is 1190 g/mol. The number of aliphatic hydroxyl groups is 15. The lowest BCUT2D eigenvalue weighted by molar-refractivity contribution is -0.306. The van der Waals surface area contributed by atoms with Crippen LogP contribution in [0.15, 0.2) is 157 Å². The molecule has 1 aliphatic heterocycles. The van der Waals surface area contributed by atoms with E-state index in [9.17, 15) is 91.0 Å². The lowest BCUT2D eigenvalue weighted by Gasteiger charge is -2.41. The third-order valence-corrected chi connectivity index (χ3v) is 15.6. The van der Waals surface area contributed by atoms with Crippen LogP contribution in [0.5, 0.6) is 0 Å². The molecule has 1 saturated heterocycles. The minimum atomic E-state index is -1.65. The topological polar surface area (TPSA) is 411 Å². The fraction of sp³-hybridized carbons (Fsp3) is 0.586. The molecule has 0 aromatic carbocycles. The maximum Gasteiger partial charge on any atom is 0.248 e. The summed E-state index contributed by atoms with van der Waals surface area (Å²) in [5.41, 5.74) is 5.40. The average Bonchev–Trinajstić information content (AvgIpc) is 1.04. The van der Waals surface area contributed by atoms with Crippen LogP contribution in [0.25, 0.3) is 0 Å². The highest BCUT2D eigenvalue weighted by Gasteiger charge is 2.44. The van der Waals surface area contributed by atoms with Gasteiger partial charge in [-0.2, -0.15) is 0 Å². The van der Waals surface area contributed by atoms with E-state index in [0.717, 1.165) is 12.8 Å². The van der Waals surface area contributed by atoms with Gasteiger partial charge in [-0.3, -0.25) is 14.4 Å². The van der Waals surface area contributed by atoms with Crippen LogP contribution >= 0.6 is 0 Å². The summed E-state index contributed by atoms with van der Waals surface area (Å²) in [7, 11) is 0. The molecule has 0 aromatic heterocycles. The molecule has 22 nitrogen and oxygen atoms in total. The van der Waals surface area contributed by atoms with Gasteiger partial charge in [0.25, 0.3) is 0 Å². The normalized spacial score (nSPS) is 24.1. The lowest BCUT2D eigenvalue weighted by atomic mass is 9.88. The molecule has 1 amide bonds. The minimum absolute atomic E-state index is 0.0207. The predicted octanol–water partition coefficient (Wildman–Crippen LogP) is 3.99. The second-order valence-electron chi connectivity index (χ2n) is 23.9. The molecule has 2 aliphatic rings. The Bertz CT molecular complexity index is 2520. The van der Waals surface area contributed by atoms with Crippen LogP contribution in [0.2, 0.25) is 0 Å². The van der Waals surface area contributed by atoms with Crippen molar-refractivity contribution in [2.24, 2.45) is 23.5 Å². The van der Waals surface area contributed by atoms with E-state index in [2.05, 4.69) is 5.32 Å². The van der Waals surface area contributed by atoms with E-state index in [1.54, 1.807) is 98.9 Å². The van der Waals surface area contributed by atoms with Crippen LogP contribution in [-0.4, -0.2) is 205 Å². The van der Waals surface area contributed by atoms with Gasteiger partial charge in [0.05, 0.1) is 79.4 Å². The number of ether oxygens (including phenoxy) is 2. The number of carbonyl (C=O) groups is 3. The number of nitrogens with one attached hydrogen (secondary N) is 1. The number of ketones is 2. The highest BCUT2D eigenvalue weighted by Crippen LogP contribution is 2.28. The van der Waals surface area contributed by atoms with Crippen molar-refractivity contribution in [3.8, 4) is 0 Å². The van der Waals surface area contributed by atoms with E-state index in [4.69, 9.17) is 15.2 Å². The number of carbonyl (C=O) groups excluding carboxylic acids is 3. The van der Waals surface area contributed by atoms with Crippen LogP contribution in [0.3, 0.4) is 0 Å². The first kappa shape index (κ1) is 82.6. The molecule has 0 radical (unpaired) electrons. The Morgan fingerprint density at radius 2 is 1.09 bits per heavy atom. The molecular formula is C70H108N2O20. The zero-order valence-electron chi connectivity index (χ0n) is 53.8. The molecule has 0 aromatic rings. The van der Waals surface area contributed by atoms with Crippen molar-refractivity contribution in [3.63, 3.8) is 0 Å². The van der Waals surface area contributed by atoms with Gasteiger partial charge in [-0.05, 0) is 84.1 Å². The first-order valence-electron chi connectivity index (χ1n) is 32.1. The van der Waals surface area contributed by atoms with E-state index in [0.29, 0.717) is 19.4 Å². The number of hydrogen-bond donors (Lipinski definition) is 17. The van der Waals surface area contributed by atoms with Crippen molar-refractivity contribution in [2.45, 2.75) is 234 Å². The van der Waals surface area contributed by atoms with Crippen LogP contribution in [-0.2, 0) is 23.9 Å². The molecule has 0 spiro atoms. The number of rotatable bonds is 46. The first-order valence-corrected chi connectivity index (χ1v) is 32.1. The summed E-state index contributed by atoms with van der Waals surface area (Å²) in [5, 5.41) is 159. The third kappa shape index (κ3) is 35.7. The molecule has 20 atom stereocenters. The predicted molar refractivity (Wildman–Crippen MR) is 351 cm³/mol. The van der Waals surface area contributed by atoms with Gasteiger partial charge in [0.15, 0.2) is 12.1 Å². The molecule has 18 N–H and O–H groups in total. The van der Waals surface area contributed by atoms with Crippen LogP contribution in [0, 0.1) is 17.8 Å². The van der Waals surface area contributed by atoms with Gasteiger partial charge >= 0.3 is 0 Å². The molecule has 0 bridgehead atoms. The first-order chi connectivity index (χ1) is 43.7. The summed E-state index contributed by atoms with van der Waals surface area (Å²) in [4.78, 5) is 37.2. The zero-order chi connectivity index (χ0) is 68.5. The van der Waals surface area contributed by atoms with Crippen LogP contribution < -0.4 is 11.1 Å². The van der Waals surface area contributed by atoms with Gasteiger partial charge in [0.1, 0.15) is 35.6 Å². The standard InChI is InChI=1S/C70H108N2O20/c1-46(27-20-16-12-8-5-6-11-15-19-23-35-64(86)72-65-60(83)36-37-61(65)84)66(87)48(3)59(82)33-21-17-13-9-7-10-14-18-22-34-63(92-70-69(90)68(89)67(88)49(4)91-70)47(2)62(85)45-58(81)44-57(80)42-53(76)31-25-30-52(75)41-56(79)43-55(78)40-51(74)29-24-28-50(73)39-54(77)32-26-38-71/h5-11,13-15,17-25,27,29,31,33,35,46-59,63,66-70,73-83,87-90H,12,16,26,28,30,32,34,36-45,71H2,1-4H3,(H,72,86)/b8-5+,9-7+,11-6+,14-10+,17-13+,19-15+,22-18+,27-20+,29-24+,31-25+,33-21+,35-23+/t46?,47?,48?,49-,50?,51?,52?,53?,54?,55?,56?,57?,58?,59?,63?,66?,67-,68+,69+,70-/m0/s1. The smallest absolute Gasteiger partial charge is 0.248 e. The number of amides is 1. The van der Waals surface area contributed by atoms with Gasteiger partial charge < -0.3 is 97.1 Å². The third-order valence-electron chi connectivity index (χ3n) is 15.6. The van der Waals surface area contributed by atoms with E-state index in [-0.39, 0.29) is 93.8 Å². The number of allylic oxidation sites excluding steroid dienone is 18.